The summed E-state index contributed by atoms with van der Waals surface area (Å²) in [6, 6.07) is 5.16. The average molecular weight is 357 g/mol. The topological polar surface area (TPSA) is 89.5 Å². The molecule has 0 bridgehead atoms. The predicted molar refractivity (Wildman–Crippen MR) is 85.9 cm³/mol. The number of hydrogen-bond donors (Lipinski definition) is 1. The van der Waals surface area contributed by atoms with Crippen LogP contribution in [0.15, 0.2) is 24.3 Å². The second kappa shape index (κ2) is 5.84. The van der Waals surface area contributed by atoms with E-state index in [9.17, 15) is 22.4 Å². The van der Waals surface area contributed by atoms with E-state index >= 15 is 0 Å². The van der Waals surface area contributed by atoms with Crippen molar-refractivity contribution in [3.63, 3.8) is 0 Å². The molecule has 8 heteroatoms. The lowest BCUT2D eigenvalue weighted by atomic mass is 10.1. The van der Waals surface area contributed by atoms with Gasteiger partial charge in [0.15, 0.2) is 9.84 Å². The molecular weight excluding hydrogens is 337 g/mol. The van der Waals surface area contributed by atoms with Crippen LogP contribution >= 0.6 is 0 Å². The van der Waals surface area contributed by atoms with Crippen molar-refractivity contribution in [3.05, 3.63) is 35.6 Å². The number of carbonyl (C=O) groups is 2. The van der Waals surface area contributed by atoms with Crippen LogP contribution in [0.25, 0.3) is 0 Å². The number of nitrogens with one attached hydrogen (secondary N) is 1. The number of rotatable bonds is 4. The molecule has 0 aliphatic heterocycles. The van der Waals surface area contributed by atoms with E-state index in [4.69, 9.17) is 4.74 Å². The summed E-state index contributed by atoms with van der Waals surface area (Å²) in [5, 5.41) is 1.27. The van der Waals surface area contributed by atoms with Gasteiger partial charge in [0.1, 0.15) is 28.5 Å². The first-order chi connectivity index (χ1) is 10.9. The summed E-state index contributed by atoms with van der Waals surface area (Å²) in [5.41, 5.74) is -1.96. The lowest BCUT2D eigenvalue weighted by Gasteiger charge is -2.22. The van der Waals surface area contributed by atoms with E-state index in [2.05, 4.69) is 5.32 Å². The molecule has 1 N–H and O–H groups in total. The molecule has 2 rings (SSSR count). The Hall–Kier alpha value is -1.96. The van der Waals surface area contributed by atoms with Gasteiger partial charge in [-0.1, -0.05) is 12.1 Å². The molecule has 1 aliphatic carbocycles. The fourth-order valence-corrected chi connectivity index (χ4v) is 4.66. The minimum absolute atomic E-state index is 0.413. The number of amides is 1. The Morgan fingerprint density at radius 1 is 1.29 bits per heavy atom. The lowest BCUT2D eigenvalue weighted by Crippen LogP contribution is -2.45. The van der Waals surface area contributed by atoms with Gasteiger partial charge in [-0.3, -0.25) is 0 Å². The number of aldehydes is 1. The largest absolute Gasteiger partial charge is 0.444 e. The summed E-state index contributed by atoms with van der Waals surface area (Å²) in [7, 11) is -3.64. The lowest BCUT2D eigenvalue weighted by molar-refractivity contribution is -0.110. The molecule has 1 aliphatic rings. The van der Waals surface area contributed by atoms with Crippen LogP contribution in [0.3, 0.4) is 0 Å². The third-order valence-electron chi connectivity index (χ3n) is 3.78. The molecule has 132 valence electrons. The first-order valence-corrected chi connectivity index (χ1v) is 9.28. The quantitative estimate of drug-likeness (QED) is 0.830. The summed E-state index contributed by atoms with van der Waals surface area (Å²) in [4.78, 5) is 23.7. The maximum absolute atomic E-state index is 13.1. The van der Waals surface area contributed by atoms with E-state index < -0.39 is 44.1 Å². The second-order valence-corrected chi connectivity index (χ2v) is 9.12. The number of sulfone groups is 1. The molecule has 24 heavy (non-hydrogen) atoms. The van der Waals surface area contributed by atoms with Crippen molar-refractivity contribution in [2.24, 2.45) is 0 Å². The Kier molecular flexibility index (Phi) is 4.47. The highest BCUT2D eigenvalue weighted by Crippen LogP contribution is 2.54. The third-order valence-corrected chi connectivity index (χ3v) is 5.37. The van der Waals surface area contributed by atoms with E-state index in [0.717, 1.165) is 6.26 Å². The van der Waals surface area contributed by atoms with E-state index in [1.807, 2.05) is 0 Å². The zero-order valence-electron chi connectivity index (χ0n) is 13.9. The van der Waals surface area contributed by atoms with Gasteiger partial charge in [0.25, 0.3) is 0 Å². The van der Waals surface area contributed by atoms with Crippen LogP contribution in [0, 0.1) is 5.82 Å². The number of alkyl carbamates (subject to hydrolysis) is 1. The highest BCUT2D eigenvalue weighted by Gasteiger charge is 2.71. The van der Waals surface area contributed by atoms with Gasteiger partial charge >= 0.3 is 6.09 Å². The minimum atomic E-state index is -3.64. The van der Waals surface area contributed by atoms with Crippen LogP contribution in [0.4, 0.5) is 9.18 Å². The van der Waals surface area contributed by atoms with Gasteiger partial charge in [-0.25, -0.2) is 17.6 Å². The van der Waals surface area contributed by atoms with Gasteiger partial charge < -0.3 is 14.8 Å². The van der Waals surface area contributed by atoms with Crippen molar-refractivity contribution in [2.45, 2.75) is 43.1 Å². The summed E-state index contributed by atoms with van der Waals surface area (Å²) >= 11 is 0. The molecule has 1 aromatic rings. The normalized spacial score (nSPS) is 26.5. The van der Waals surface area contributed by atoms with Crippen LogP contribution in [-0.2, 0) is 19.4 Å². The van der Waals surface area contributed by atoms with Crippen LogP contribution < -0.4 is 5.32 Å². The average Bonchev–Trinajstić information content (AvgIpc) is 3.06. The second-order valence-electron chi connectivity index (χ2n) is 6.96. The number of hydrogen-bond acceptors (Lipinski definition) is 5. The standard InChI is InChI=1S/C16H20FNO5S/c1-15(2,3)23-14(20)18-16(9-19)12(13(16)24(4,21)22)10-5-7-11(17)8-6-10/h5-9,12-13H,1-4H3,(H,18,20)/t12-,13+,16+/m0/s1. The van der Waals surface area contributed by atoms with Crippen molar-refractivity contribution in [3.8, 4) is 0 Å². The maximum Gasteiger partial charge on any atom is 0.408 e. The highest BCUT2D eigenvalue weighted by molar-refractivity contribution is 7.91. The first kappa shape index (κ1) is 18.4. The Bertz CT molecular complexity index is 754. The van der Waals surface area contributed by atoms with Crippen molar-refractivity contribution >= 4 is 22.2 Å². The smallest absolute Gasteiger partial charge is 0.408 e. The van der Waals surface area contributed by atoms with E-state index in [-0.39, 0.29) is 0 Å². The Morgan fingerprint density at radius 2 is 1.83 bits per heavy atom. The van der Waals surface area contributed by atoms with Crippen molar-refractivity contribution in [2.75, 3.05) is 6.26 Å². The van der Waals surface area contributed by atoms with Gasteiger partial charge in [0.05, 0.1) is 0 Å². The molecule has 0 radical (unpaired) electrons. The highest BCUT2D eigenvalue weighted by atomic mass is 32.2. The summed E-state index contributed by atoms with van der Waals surface area (Å²) < 4.78 is 42.3. The van der Waals surface area contributed by atoms with Gasteiger partial charge in [-0.2, -0.15) is 0 Å². The first-order valence-electron chi connectivity index (χ1n) is 7.32. The van der Waals surface area contributed by atoms with E-state index in [1.165, 1.54) is 24.3 Å². The maximum atomic E-state index is 13.1. The molecule has 1 fully saturated rings. The number of benzene rings is 1. The molecule has 0 unspecified atom stereocenters. The molecule has 0 saturated heterocycles. The van der Waals surface area contributed by atoms with Gasteiger partial charge in [-0.05, 0) is 38.5 Å². The SMILES string of the molecule is CC(C)(C)OC(=O)N[C@@]1(C=O)[C@H](S(C)(=O)=O)[C@@H]1c1ccc(F)cc1. The molecule has 0 spiro atoms. The Balaban J connectivity index is 2.36. The minimum Gasteiger partial charge on any atom is -0.444 e. The monoisotopic (exact) mass is 357 g/mol. The zero-order valence-corrected chi connectivity index (χ0v) is 14.7. The summed E-state index contributed by atoms with van der Waals surface area (Å²) in [5.74, 6) is -1.27. The van der Waals surface area contributed by atoms with Crippen molar-refractivity contribution in [1.29, 1.82) is 0 Å². The van der Waals surface area contributed by atoms with Crippen molar-refractivity contribution in [1.82, 2.24) is 5.32 Å². The van der Waals surface area contributed by atoms with E-state index in [0.29, 0.717) is 11.8 Å². The van der Waals surface area contributed by atoms with Crippen molar-refractivity contribution < 1.29 is 27.1 Å². The number of ether oxygens (including phenoxy) is 1. The third kappa shape index (κ3) is 3.58. The Morgan fingerprint density at radius 3 is 2.25 bits per heavy atom. The molecule has 1 aromatic carbocycles. The molecule has 0 aromatic heterocycles. The molecule has 0 heterocycles. The summed E-state index contributed by atoms with van der Waals surface area (Å²) in [6.07, 6.45) is 0.528. The van der Waals surface area contributed by atoms with Gasteiger partial charge in [-0.15, -0.1) is 0 Å². The Labute approximate surface area is 140 Å². The number of halogens is 1. The van der Waals surface area contributed by atoms with Gasteiger partial charge in [0, 0.05) is 12.2 Å². The fourth-order valence-electron chi connectivity index (χ4n) is 2.90. The molecule has 1 amide bonds. The molecule has 3 atom stereocenters. The van der Waals surface area contributed by atoms with Crippen LogP contribution in [0.5, 0.6) is 0 Å². The fraction of sp³-hybridized carbons (Fsp3) is 0.500. The predicted octanol–water partition coefficient (Wildman–Crippen LogP) is 1.80. The van der Waals surface area contributed by atoms with Crippen LogP contribution in [0.2, 0.25) is 0 Å². The van der Waals surface area contributed by atoms with Crippen LogP contribution in [-0.4, -0.2) is 43.4 Å². The molecule has 1 saturated carbocycles. The molecule has 6 nitrogen and oxygen atoms in total. The number of carbonyl (C=O) groups excluding carboxylic acids is 2. The van der Waals surface area contributed by atoms with E-state index in [1.54, 1.807) is 20.8 Å². The molecular formula is C16H20FNO5S. The zero-order chi connectivity index (χ0) is 18.3. The van der Waals surface area contributed by atoms with Gasteiger partial charge in [0.2, 0.25) is 0 Å². The van der Waals surface area contributed by atoms with Crippen LogP contribution in [0.1, 0.15) is 32.3 Å². The summed E-state index contributed by atoms with van der Waals surface area (Å²) in [6.45, 7) is 4.95.